The van der Waals surface area contributed by atoms with Crippen LogP contribution in [0.1, 0.15) is 53.7 Å². The van der Waals surface area contributed by atoms with Gasteiger partial charge in [0.15, 0.2) is 0 Å². The third-order valence-corrected chi connectivity index (χ3v) is 7.44. The predicted molar refractivity (Wildman–Crippen MR) is 141 cm³/mol. The molecule has 224 valence electrons. The van der Waals surface area contributed by atoms with E-state index in [0.717, 1.165) is 11.8 Å². The molecule has 1 amide bonds. The van der Waals surface area contributed by atoms with Gasteiger partial charge in [-0.15, -0.1) is 0 Å². The minimum Gasteiger partial charge on any atom is -0.445 e. The molecule has 1 heterocycles. The van der Waals surface area contributed by atoms with Crippen molar-refractivity contribution in [2.75, 3.05) is 13.2 Å². The SMILES string of the molecule is C[C@@H](OC[C@@]1(c2ccccc2)CCC(C=O)CN1C(=O)OCc1ccccc1)c1cc(C(F)(F)F)cc(C(F)(F)F)c1. The number of piperidine rings is 1. The molecule has 0 saturated carbocycles. The Morgan fingerprint density at radius 1 is 0.952 bits per heavy atom. The lowest BCUT2D eigenvalue weighted by Crippen LogP contribution is -2.57. The van der Waals surface area contributed by atoms with Gasteiger partial charge in [-0.3, -0.25) is 4.90 Å². The Balaban J connectivity index is 1.67. The molecule has 0 N–H and O–H groups in total. The fraction of sp³-hybridized carbons (Fsp3) is 0.355. The minimum atomic E-state index is -5.01. The van der Waals surface area contributed by atoms with E-state index in [0.29, 0.717) is 24.1 Å². The fourth-order valence-corrected chi connectivity index (χ4v) is 5.07. The number of hydrogen-bond acceptors (Lipinski definition) is 4. The van der Waals surface area contributed by atoms with Gasteiger partial charge in [-0.1, -0.05) is 60.7 Å². The molecular formula is C31H29F6NO4. The van der Waals surface area contributed by atoms with Crippen LogP contribution in [0, 0.1) is 5.92 Å². The second-order valence-electron chi connectivity index (χ2n) is 10.3. The molecule has 4 rings (SSSR count). The summed E-state index contributed by atoms with van der Waals surface area (Å²) in [7, 11) is 0. The van der Waals surface area contributed by atoms with Gasteiger partial charge in [0.25, 0.3) is 0 Å². The van der Waals surface area contributed by atoms with Crippen LogP contribution in [0.25, 0.3) is 0 Å². The van der Waals surface area contributed by atoms with Crippen LogP contribution >= 0.6 is 0 Å². The first-order valence-electron chi connectivity index (χ1n) is 13.2. The molecule has 0 radical (unpaired) electrons. The summed E-state index contributed by atoms with van der Waals surface area (Å²) in [5.74, 6) is -0.499. The van der Waals surface area contributed by atoms with Crippen molar-refractivity contribution in [2.24, 2.45) is 5.92 Å². The Morgan fingerprint density at radius 3 is 2.07 bits per heavy atom. The van der Waals surface area contributed by atoms with Crippen molar-refractivity contribution in [2.45, 2.75) is 50.4 Å². The van der Waals surface area contributed by atoms with Crippen molar-refractivity contribution < 1.29 is 45.4 Å². The number of amides is 1. The largest absolute Gasteiger partial charge is 0.445 e. The van der Waals surface area contributed by atoms with Gasteiger partial charge in [0, 0.05) is 12.5 Å². The van der Waals surface area contributed by atoms with Gasteiger partial charge in [-0.25, -0.2) is 4.79 Å². The van der Waals surface area contributed by atoms with E-state index in [1.807, 2.05) is 6.07 Å². The zero-order chi connectivity index (χ0) is 30.5. The van der Waals surface area contributed by atoms with Gasteiger partial charge >= 0.3 is 18.4 Å². The minimum absolute atomic E-state index is 0.00839. The number of hydrogen-bond donors (Lipinski definition) is 0. The van der Waals surface area contributed by atoms with Crippen molar-refractivity contribution >= 4 is 12.4 Å². The monoisotopic (exact) mass is 593 g/mol. The standard InChI is InChI=1S/C31H29F6NO4/c1-21(24-14-26(30(32,33)34)16-27(15-24)31(35,36)37)42-20-29(25-10-6-3-7-11-25)13-12-23(18-39)17-38(29)28(40)41-19-22-8-4-2-5-9-22/h2-11,14-16,18,21,23H,12-13,17,19-20H2,1H3/t21-,23?,29-/m1/s1. The van der Waals surface area contributed by atoms with Crippen molar-refractivity contribution in [1.82, 2.24) is 4.90 Å². The highest BCUT2D eigenvalue weighted by Gasteiger charge is 2.47. The van der Waals surface area contributed by atoms with Crippen molar-refractivity contribution in [3.05, 3.63) is 107 Å². The second kappa shape index (κ2) is 12.6. The summed E-state index contributed by atoms with van der Waals surface area (Å²) in [4.78, 5) is 26.6. The first kappa shape index (κ1) is 31.1. The number of carbonyl (C=O) groups is 2. The second-order valence-corrected chi connectivity index (χ2v) is 10.3. The predicted octanol–water partition coefficient (Wildman–Crippen LogP) is 7.95. The third kappa shape index (κ3) is 7.13. The van der Waals surface area contributed by atoms with Crippen molar-refractivity contribution in [3.63, 3.8) is 0 Å². The Kier molecular flexibility index (Phi) is 9.30. The van der Waals surface area contributed by atoms with Gasteiger partial charge < -0.3 is 14.3 Å². The fourth-order valence-electron chi connectivity index (χ4n) is 5.07. The van der Waals surface area contributed by atoms with E-state index < -0.39 is 47.1 Å². The highest BCUT2D eigenvalue weighted by atomic mass is 19.4. The van der Waals surface area contributed by atoms with Crippen LogP contribution in [0.5, 0.6) is 0 Å². The molecule has 1 fully saturated rings. The van der Waals surface area contributed by atoms with Crippen LogP contribution < -0.4 is 0 Å². The van der Waals surface area contributed by atoms with E-state index in [9.17, 15) is 35.9 Å². The number of halogens is 6. The molecule has 1 aliphatic heterocycles. The summed E-state index contributed by atoms with van der Waals surface area (Å²) in [6.45, 7) is 1.02. The summed E-state index contributed by atoms with van der Waals surface area (Å²) in [6, 6.07) is 19.0. The molecule has 3 aromatic rings. The van der Waals surface area contributed by atoms with Crippen LogP contribution in [0.15, 0.2) is 78.9 Å². The van der Waals surface area contributed by atoms with Gasteiger partial charge in [0.2, 0.25) is 0 Å². The lowest BCUT2D eigenvalue weighted by atomic mass is 9.78. The maximum absolute atomic E-state index is 13.5. The van der Waals surface area contributed by atoms with Gasteiger partial charge in [0.05, 0.1) is 29.4 Å². The third-order valence-electron chi connectivity index (χ3n) is 7.44. The Morgan fingerprint density at radius 2 is 1.52 bits per heavy atom. The maximum Gasteiger partial charge on any atom is 0.416 e. The van der Waals surface area contributed by atoms with E-state index in [1.54, 1.807) is 54.6 Å². The first-order chi connectivity index (χ1) is 19.8. The Labute approximate surface area is 239 Å². The van der Waals surface area contributed by atoms with Crippen LogP contribution in [0.4, 0.5) is 31.1 Å². The lowest BCUT2D eigenvalue weighted by Gasteiger charge is -2.48. The molecule has 1 unspecified atom stereocenters. The molecule has 0 spiro atoms. The van der Waals surface area contributed by atoms with Crippen LogP contribution in [0.3, 0.4) is 0 Å². The molecule has 5 nitrogen and oxygen atoms in total. The number of carbonyl (C=O) groups excluding carboxylic acids is 2. The molecular weight excluding hydrogens is 564 g/mol. The first-order valence-corrected chi connectivity index (χ1v) is 13.2. The summed E-state index contributed by atoms with van der Waals surface area (Å²) in [5, 5.41) is 0. The highest BCUT2D eigenvalue weighted by molar-refractivity contribution is 5.71. The van der Waals surface area contributed by atoms with Crippen molar-refractivity contribution in [3.8, 4) is 0 Å². The number of benzene rings is 3. The molecule has 1 aliphatic rings. The topological polar surface area (TPSA) is 55.8 Å². The van der Waals surface area contributed by atoms with E-state index in [1.165, 1.54) is 11.8 Å². The van der Waals surface area contributed by atoms with Crippen LogP contribution in [-0.2, 0) is 38.8 Å². The van der Waals surface area contributed by atoms with Crippen LogP contribution in [0.2, 0.25) is 0 Å². The van der Waals surface area contributed by atoms with Gasteiger partial charge in [-0.2, -0.15) is 26.3 Å². The molecule has 11 heteroatoms. The number of aldehydes is 1. The van der Waals surface area contributed by atoms with Crippen molar-refractivity contribution in [1.29, 1.82) is 0 Å². The zero-order valence-electron chi connectivity index (χ0n) is 22.6. The van der Waals surface area contributed by atoms with Gasteiger partial charge in [-0.05, 0) is 54.7 Å². The molecule has 3 atom stereocenters. The molecule has 1 saturated heterocycles. The number of ether oxygens (including phenoxy) is 2. The zero-order valence-corrected chi connectivity index (χ0v) is 22.6. The quantitative estimate of drug-likeness (QED) is 0.197. The average Bonchev–Trinajstić information content (AvgIpc) is 2.98. The number of nitrogens with zero attached hydrogens (tertiary/aromatic N) is 1. The van der Waals surface area contributed by atoms with E-state index in [-0.39, 0.29) is 37.8 Å². The molecule has 42 heavy (non-hydrogen) atoms. The molecule has 0 aliphatic carbocycles. The summed E-state index contributed by atoms with van der Waals surface area (Å²) < 4.78 is 92.4. The van der Waals surface area contributed by atoms with Crippen LogP contribution in [-0.4, -0.2) is 30.4 Å². The molecule has 0 bridgehead atoms. The van der Waals surface area contributed by atoms with E-state index in [2.05, 4.69) is 0 Å². The number of rotatable bonds is 8. The van der Waals surface area contributed by atoms with E-state index >= 15 is 0 Å². The average molecular weight is 594 g/mol. The smallest absolute Gasteiger partial charge is 0.416 e. The van der Waals surface area contributed by atoms with Gasteiger partial charge in [0.1, 0.15) is 12.9 Å². The number of likely N-dealkylation sites (tertiary alicyclic amines) is 1. The molecule has 3 aromatic carbocycles. The summed E-state index contributed by atoms with van der Waals surface area (Å²) in [5.41, 5.74) is -3.07. The summed E-state index contributed by atoms with van der Waals surface area (Å²) in [6.07, 6.45) is -10.6. The summed E-state index contributed by atoms with van der Waals surface area (Å²) >= 11 is 0. The number of alkyl halides is 6. The van der Waals surface area contributed by atoms with E-state index in [4.69, 9.17) is 9.47 Å². The maximum atomic E-state index is 13.5. The Hall–Kier alpha value is -3.86. The Bertz CT molecular complexity index is 1330. The highest BCUT2D eigenvalue weighted by Crippen LogP contribution is 2.42. The molecule has 0 aromatic heterocycles. The normalized spacial score (nSPS) is 20.2. The lowest BCUT2D eigenvalue weighted by molar-refractivity contribution is -0.143.